The molecule has 1 saturated heterocycles. The first-order valence-corrected chi connectivity index (χ1v) is 8.86. The summed E-state index contributed by atoms with van der Waals surface area (Å²) in [4.78, 5) is 21.4. The van der Waals surface area contributed by atoms with E-state index in [-0.39, 0.29) is 28.2 Å². The van der Waals surface area contributed by atoms with Crippen molar-refractivity contribution in [3.63, 3.8) is 0 Å². The minimum Gasteiger partial charge on any atom is -0.387 e. The molecule has 2 aromatic rings. The van der Waals surface area contributed by atoms with Gasteiger partial charge in [-0.05, 0) is 44.4 Å². The lowest BCUT2D eigenvalue weighted by Gasteiger charge is -2.35. The SMILES string of the molecule is CC(N)=NC(=O)C1CCCCN1c1ccc(-c2noc(C(F)(F)F)n2)c(Cl)c1. The van der Waals surface area contributed by atoms with Gasteiger partial charge in [0.25, 0.3) is 5.91 Å². The number of carbonyl (C=O) groups excluding carboxylic acids is 1. The second kappa shape index (κ2) is 7.78. The number of hydrogen-bond donors (Lipinski definition) is 1. The second-order valence-electron chi connectivity index (χ2n) is 6.38. The molecule has 0 aliphatic carbocycles. The zero-order valence-corrected chi connectivity index (χ0v) is 15.6. The molecule has 3 rings (SSSR count). The molecule has 0 bridgehead atoms. The van der Waals surface area contributed by atoms with Crippen LogP contribution in [0.4, 0.5) is 18.9 Å². The number of hydrogen-bond acceptors (Lipinski definition) is 5. The van der Waals surface area contributed by atoms with Gasteiger partial charge >= 0.3 is 12.1 Å². The number of halogens is 4. The number of nitrogens with two attached hydrogens (primary N) is 1. The van der Waals surface area contributed by atoms with E-state index in [1.165, 1.54) is 13.0 Å². The van der Waals surface area contributed by atoms with Gasteiger partial charge in [-0.15, -0.1) is 0 Å². The van der Waals surface area contributed by atoms with E-state index >= 15 is 0 Å². The Balaban J connectivity index is 1.89. The smallest absolute Gasteiger partial charge is 0.387 e. The van der Waals surface area contributed by atoms with E-state index in [1.54, 1.807) is 12.1 Å². The third kappa shape index (κ3) is 4.27. The fourth-order valence-electron chi connectivity index (χ4n) is 3.06. The minimum absolute atomic E-state index is 0.141. The third-order valence-electron chi connectivity index (χ3n) is 4.27. The van der Waals surface area contributed by atoms with Crippen molar-refractivity contribution in [3.8, 4) is 11.4 Å². The minimum atomic E-state index is -4.74. The van der Waals surface area contributed by atoms with Crippen LogP contribution in [0.3, 0.4) is 0 Å². The highest BCUT2D eigenvalue weighted by molar-refractivity contribution is 6.33. The maximum absolute atomic E-state index is 12.6. The molecule has 1 aromatic heterocycles. The lowest BCUT2D eigenvalue weighted by Crippen LogP contribution is -2.44. The first kappa shape index (κ1) is 20.1. The van der Waals surface area contributed by atoms with E-state index < -0.39 is 18.1 Å². The molecule has 1 amide bonds. The summed E-state index contributed by atoms with van der Waals surface area (Å²) < 4.78 is 42.2. The van der Waals surface area contributed by atoms with Gasteiger partial charge < -0.3 is 15.2 Å². The second-order valence-corrected chi connectivity index (χ2v) is 6.79. The summed E-state index contributed by atoms with van der Waals surface area (Å²) in [5.74, 6) is -1.87. The van der Waals surface area contributed by atoms with Crippen LogP contribution in [-0.2, 0) is 11.0 Å². The van der Waals surface area contributed by atoms with Crippen LogP contribution in [0.1, 0.15) is 32.1 Å². The summed E-state index contributed by atoms with van der Waals surface area (Å²) in [6.07, 6.45) is -2.36. The number of aliphatic imine (C=N–C) groups is 1. The number of amides is 1. The Morgan fingerprint density at radius 1 is 1.39 bits per heavy atom. The molecule has 1 atom stereocenters. The molecule has 1 aliphatic rings. The van der Waals surface area contributed by atoms with Gasteiger partial charge in [-0.2, -0.15) is 23.1 Å². The Morgan fingerprint density at radius 3 is 2.75 bits per heavy atom. The topological polar surface area (TPSA) is 97.6 Å². The molecule has 1 aromatic carbocycles. The van der Waals surface area contributed by atoms with Crippen molar-refractivity contribution in [2.24, 2.45) is 10.7 Å². The van der Waals surface area contributed by atoms with Crippen LogP contribution in [-0.4, -0.2) is 34.5 Å². The van der Waals surface area contributed by atoms with Crippen molar-refractivity contribution in [1.29, 1.82) is 0 Å². The third-order valence-corrected chi connectivity index (χ3v) is 4.58. The molecule has 7 nitrogen and oxygen atoms in total. The Kier molecular flexibility index (Phi) is 5.59. The van der Waals surface area contributed by atoms with Gasteiger partial charge in [0.2, 0.25) is 5.82 Å². The van der Waals surface area contributed by atoms with Crippen LogP contribution >= 0.6 is 11.6 Å². The summed E-state index contributed by atoms with van der Waals surface area (Å²) >= 11 is 6.26. The van der Waals surface area contributed by atoms with Crippen LogP contribution in [0.2, 0.25) is 5.02 Å². The number of nitrogens with zero attached hydrogens (tertiary/aromatic N) is 4. The van der Waals surface area contributed by atoms with Crippen molar-refractivity contribution >= 4 is 29.0 Å². The predicted octanol–water partition coefficient (Wildman–Crippen LogP) is 3.67. The molecule has 11 heteroatoms. The molecular formula is C17H17ClF3N5O2. The Labute approximate surface area is 163 Å². The molecule has 150 valence electrons. The van der Waals surface area contributed by atoms with Gasteiger partial charge in [0.15, 0.2) is 0 Å². The number of aromatic nitrogens is 2. The Bertz CT molecular complexity index is 908. The lowest BCUT2D eigenvalue weighted by molar-refractivity contribution is -0.159. The molecule has 0 saturated carbocycles. The van der Waals surface area contributed by atoms with Gasteiger partial charge in [-0.3, -0.25) is 4.79 Å². The Morgan fingerprint density at radius 2 is 2.14 bits per heavy atom. The normalized spacial score (nSPS) is 18.4. The summed E-state index contributed by atoms with van der Waals surface area (Å²) in [7, 11) is 0. The average molecular weight is 416 g/mol. The molecule has 2 N–H and O–H groups in total. The van der Waals surface area contributed by atoms with E-state index in [0.717, 1.165) is 12.8 Å². The molecule has 0 spiro atoms. The summed E-state index contributed by atoms with van der Waals surface area (Å²) in [5.41, 5.74) is 6.36. The highest BCUT2D eigenvalue weighted by Gasteiger charge is 2.38. The number of benzene rings is 1. The predicted molar refractivity (Wildman–Crippen MR) is 97.0 cm³/mol. The van der Waals surface area contributed by atoms with Gasteiger partial charge in [-0.25, -0.2) is 0 Å². The largest absolute Gasteiger partial charge is 0.471 e. The van der Waals surface area contributed by atoms with Crippen molar-refractivity contribution < 1.29 is 22.5 Å². The first-order valence-electron chi connectivity index (χ1n) is 8.49. The molecule has 1 fully saturated rings. The zero-order chi connectivity index (χ0) is 20.5. The average Bonchev–Trinajstić information content (AvgIpc) is 3.11. The van der Waals surface area contributed by atoms with Gasteiger partial charge in [-0.1, -0.05) is 16.8 Å². The number of carbonyl (C=O) groups is 1. The maximum Gasteiger partial charge on any atom is 0.471 e. The van der Waals surface area contributed by atoms with Crippen molar-refractivity contribution in [2.75, 3.05) is 11.4 Å². The van der Waals surface area contributed by atoms with Crippen molar-refractivity contribution in [3.05, 3.63) is 29.1 Å². The summed E-state index contributed by atoms with van der Waals surface area (Å²) in [6.45, 7) is 2.16. The standard InChI is InChI=1S/C17H17ClF3N5O2/c1-9(22)23-15(27)13-4-2-3-7-26(13)10-5-6-11(12(18)8-10)14-24-16(28-25-14)17(19,20)21/h5-6,8,13H,2-4,7H2,1H3,(H2,22,23,27). The summed E-state index contributed by atoms with van der Waals surface area (Å²) in [6, 6.07) is 4.23. The number of anilines is 1. The van der Waals surface area contributed by atoms with Crippen LogP contribution < -0.4 is 10.6 Å². The van der Waals surface area contributed by atoms with E-state index in [4.69, 9.17) is 17.3 Å². The fourth-order valence-corrected chi connectivity index (χ4v) is 3.32. The molecule has 28 heavy (non-hydrogen) atoms. The van der Waals surface area contributed by atoms with Gasteiger partial charge in [0, 0.05) is 17.8 Å². The van der Waals surface area contributed by atoms with Crippen LogP contribution in [0.25, 0.3) is 11.4 Å². The number of rotatable bonds is 3. The van der Waals surface area contributed by atoms with Gasteiger partial charge in [0.05, 0.1) is 10.9 Å². The zero-order valence-electron chi connectivity index (χ0n) is 14.8. The number of amidine groups is 1. The van der Waals surface area contributed by atoms with E-state index in [0.29, 0.717) is 18.7 Å². The maximum atomic E-state index is 12.6. The van der Waals surface area contributed by atoms with E-state index in [2.05, 4.69) is 19.7 Å². The van der Waals surface area contributed by atoms with E-state index in [1.807, 2.05) is 4.90 Å². The van der Waals surface area contributed by atoms with Crippen molar-refractivity contribution in [2.45, 2.75) is 38.4 Å². The summed E-state index contributed by atoms with van der Waals surface area (Å²) in [5, 5.41) is 3.48. The number of piperidine rings is 1. The van der Waals surface area contributed by atoms with Gasteiger partial charge in [0.1, 0.15) is 6.04 Å². The van der Waals surface area contributed by atoms with Crippen LogP contribution in [0.5, 0.6) is 0 Å². The van der Waals surface area contributed by atoms with Crippen LogP contribution in [0.15, 0.2) is 27.7 Å². The molecule has 2 heterocycles. The quantitative estimate of drug-likeness (QED) is 0.606. The molecule has 0 radical (unpaired) electrons. The highest BCUT2D eigenvalue weighted by Crippen LogP contribution is 2.35. The first-order chi connectivity index (χ1) is 13.2. The monoisotopic (exact) mass is 415 g/mol. The molecular weight excluding hydrogens is 399 g/mol. The number of alkyl halides is 3. The fraction of sp³-hybridized carbons (Fsp3) is 0.412. The Hall–Kier alpha value is -2.62. The highest BCUT2D eigenvalue weighted by atomic mass is 35.5. The molecule has 1 aliphatic heterocycles. The molecule has 1 unspecified atom stereocenters. The lowest BCUT2D eigenvalue weighted by atomic mass is 10.00. The van der Waals surface area contributed by atoms with Crippen molar-refractivity contribution in [1.82, 2.24) is 10.1 Å². The van der Waals surface area contributed by atoms with E-state index in [9.17, 15) is 18.0 Å². The van der Waals surface area contributed by atoms with Crippen LogP contribution in [0, 0.1) is 0 Å².